The second-order valence-electron chi connectivity index (χ2n) is 6.64. The zero-order valence-corrected chi connectivity index (χ0v) is 12.3. The quantitative estimate of drug-likeness (QED) is 0.309. The average Bonchev–Trinajstić information content (AvgIpc) is 3.07. The lowest BCUT2D eigenvalue weighted by atomic mass is 9.67. The van der Waals surface area contributed by atoms with E-state index in [9.17, 15) is 9.59 Å². The molecule has 2 fully saturated rings. The van der Waals surface area contributed by atoms with Gasteiger partial charge in [-0.1, -0.05) is 57.6 Å². The first kappa shape index (κ1) is 13.8. The molecular formula is C17H24O3. The Kier molecular flexibility index (Phi) is 3.70. The van der Waals surface area contributed by atoms with Gasteiger partial charge in [0.1, 0.15) is 0 Å². The third-order valence-corrected chi connectivity index (χ3v) is 5.53. The highest BCUT2D eigenvalue weighted by molar-refractivity contribution is 6.00. The minimum Gasteiger partial charge on any atom is -0.392 e. The topological polar surface area (TPSA) is 43.4 Å². The maximum absolute atomic E-state index is 12.3. The molecule has 110 valence electrons. The van der Waals surface area contributed by atoms with Gasteiger partial charge in [0, 0.05) is 0 Å². The Labute approximate surface area is 120 Å². The highest BCUT2D eigenvalue weighted by atomic mass is 16.6. The summed E-state index contributed by atoms with van der Waals surface area (Å²) in [6.07, 6.45) is 13.3. The van der Waals surface area contributed by atoms with Crippen LogP contribution in [0.25, 0.3) is 0 Å². The Bertz CT molecular complexity index is 440. The zero-order chi connectivity index (χ0) is 14.2. The molecule has 1 saturated carbocycles. The van der Waals surface area contributed by atoms with Gasteiger partial charge in [-0.3, -0.25) is 9.59 Å². The summed E-state index contributed by atoms with van der Waals surface area (Å²) in [5, 5.41) is 0. The van der Waals surface area contributed by atoms with E-state index >= 15 is 0 Å². The first-order chi connectivity index (χ1) is 9.70. The van der Waals surface area contributed by atoms with E-state index in [1.165, 1.54) is 25.7 Å². The van der Waals surface area contributed by atoms with Crippen LogP contribution in [0.3, 0.4) is 0 Å². The lowest BCUT2D eigenvalue weighted by molar-refractivity contribution is -0.156. The Morgan fingerprint density at radius 1 is 1.15 bits per heavy atom. The van der Waals surface area contributed by atoms with E-state index in [1.807, 2.05) is 0 Å². The van der Waals surface area contributed by atoms with E-state index in [2.05, 4.69) is 19.1 Å². The summed E-state index contributed by atoms with van der Waals surface area (Å²) in [5.41, 5.74) is -0.499. The van der Waals surface area contributed by atoms with Crippen molar-refractivity contribution in [2.24, 2.45) is 23.2 Å². The first-order valence-corrected chi connectivity index (χ1v) is 8.14. The summed E-state index contributed by atoms with van der Waals surface area (Å²) in [6, 6.07) is 0. The minimum atomic E-state index is -0.499. The summed E-state index contributed by atoms with van der Waals surface area (Å²) in [6.45, 7) is 2.21. The van der Waals surface area contributed by atoms with Crippen molar-refractivity contribution in [2.75, 3.05) is 0 Å². The molecule has 1 aliphatic heterocycles. The largest absolute Gasteiger partial charge is 0.392 e. The van der Waals surface area contributed by atoms with Gasteiger partial charge in [0.15, 0.2) is 0 Å². The van der Waals surface area contributed by atoms with Crippen LogP contribution in [0.4, 0.5) is 0 Å². The van der Waals surface area contributed by atoms with Crippen LogP contribution in [-0.2, 0) is 14.3 Å². The SMILES string of the molecule is CCCCCCCCC12C(=O)OC(=O)C1C1C=CC2C1. The highest BCUT2D eigenvalue weighted by Crippen LogP contribution is 2.62. The predicted octanol–water partition coefficient (Wildman–Crippen LogP) is 3.63. The van der Waals surface area contributed by atoms with Gasteiger partial charge in [0.05, 0.1) is 11.3 Å². The molecule has 1 saturated heterocycles. The molecule has 2 bridgehead atoms. The smallest absolute Gasteiger partial charge is 0.321 e. The lowest BCUT2D eigenvalue weighted by Gasteiger charge is -2.31. The average molecular weight is 276 g/mol. The van der Waals surface area contributed by atoms with E-state index in [1.54, 1.807) is 0 Å². The van der Waals surface area contributed by atoms with Crippen molar-refractivity contribution in [3.63, 3.8) is 0 Å². The van der Waals surface area contributed by atoms with Crippen LogP contribution in [-0.4, -0.2) is 11.9 Å². The van der Waals surface area contributed by atoms with E-state index in [0.29, 0.717) is 0 Å². The predicted molar refractivity (Wildman–Crippen MR) is 75.8 cm³/mol. The van der Waals surface area contributed by atoms with Crippen LogP contribution in [0.2, 0.25) is 0 Å². The summed E-state index contributed by atoms with van der Waals surface area (Å²) in [7, 11) is 0. The van der Waals surface area contributed by atoms with Crippen LogP contribution in [0, 0.1) is 23.2 Å². The van der Waals surface area contributed by atoms with Gasteiger partial charge in [-0.25, -0.2) is 0 Å². The summed E-state index contributed by atoms with van der Waals surface area (Å²) in [4.78, 5) is 24.2. The normalized spacial score (nSPS) is 37.5. The maximum atomic E-state index is 12.3. The summed E-state index contributed by atoms with van der Waals surface area (Å²) >= 11 is 0. The van der Waals surface area contributed by atoms with Gasteiger partial charge in [0.2, 0.25) is 0 Å². The number of esters is 2. The molecular weight excluding hydrogens is 252 g/mol. The number of rotatable bonds is 7. The highest BCUT2D eigenvalue weighted by Gasteiger charge is 2.68. The van der Waals surface area contributed by atoms with Crippen molar-refractivity contribution in [3.8, 4) is 0 Å². The minimum absolute atomic E-state index is 0.180. The fourth-order valence-electron chi connectivity index (χ4n) is 4.52. The van der Waals surface area contributed by atoms with Crippen molar-refractivity contribution in [2.45, 2.75) is 58.3 Å². The molecule has 0 aromatic carbocycles. The van der Waals surface area contributed by atoms with E-state index < -0.39 is 5.41 Å². The van der Waals surface area contributed by atoms with Crippen molar-refractivity contribution in [1.29, 1.82) is 0 Å². The Hall–Kier alpha value is -1.12. The standard InChI is InChI=1S/C17H24O3/c1-2-3-4-5-6-7-10-17-13-9-8-12(11-13)14(17)15(18)20-16(17)19/h8-9,12-14H,2-7,10-11H2,1H3. The molecule has 3 nitrogen and oxygen atoms in total. The lowest BCUT2D eigenvalue weighted by Crippen LogP contribution is -2.37. The number of allylic oxidation sites excluding steroid dienone is 2. The zero-order valence-electron chi connectivity index (χ0n) is 12.3. The molecule has 3 aliphatic rings. The van der Waals surface area contributed by atoms with Crippen molar-refractivity contribution >= 4 is 11.9 Å². The van der Waals surface area contributed by atoms with E-state index in [-0.39, 0.29) is 29.7 Å². The Morgan fingerprint density at radius 2 is 1.90 bits per heavy atom. The van der Waals surface area contributed by atoms with Crippen molar-refractivity contribution < 1.29 is 14.3 Å². The fourth-order valence-corrected chi connectivity index (χ4v) is 4.52. The monoisotopic (exact) mass is 276 g/mol. The molecule has 3 rings (SSSR count). The molecule has 0 aromatic heterocycles. The molecule has 0 amide bonds. The fraction of sp³-hybridized carbons (Fsp3) is 0.765. The van der Waals surface area contributed by atoms with Gasteiger partial charge in [0.25, 0.3) is 0 Å². The van der Waals surface area contributed by atoms with Gasteiger partial charge in [-0.15, -0.1) is 0 Å². The number of cyclic esters (lactones) is 2. The Balaban J connectivity index is 1.62. The molecule has 0 radical (unpaired) electrons. The number of fused-ring (bicyclic) bond motifs is 5. The van der Waals surface area contributed by atoms with Gasteiger partial charge in [-0.05, 0) is 24.7 Å². The number of carbonyl (C=O) groups is 2. The molecule has 0 aromatic rings. The van der Waals surface area contributed by atoms with Crippen molar-refractivity contribution in [3.05, 3.63) is 12.2 Å². The molecule has 0 spiro atoms. The molecule has 20 heavy (non-hydrogen) atoms. The van der Waals surface area contributed by atoms with Crippen LogP contribution in [0.15, 0.2) is 12.2 Å². The maximum Gasteiger partial charge on any atom is 0.321 e. The van der Waals surface area contributed by atoms with Gasteiger partial charge in [-0.2, -0.15) is 0 Å². The summed E-state index contributed by atoms with van der Waals surface area (Å²) < 4.78 is 4.99. The van der Waals surface area contributed by atoms with Gasteiger partial charge < -0.3 is 4.74 Å². The molecule has 3 heteroatoms. The second kappa shape index (κ2) is 5.34. The molecule has 0 N–H and O–H groups in total. The number of hydrogen-bond acceptors (Lipinski definition) is 3. The van der Waals surface area contributed by atoms with Crippen LogP contribution < -0.4 is 0 Å². The molecule has 4 atom stereocenters. The van der Waals surface area contributed by atoms with Crippen LogP contribution >= 0.6 is 0 Å². The number of hydrogen-bond donors (Lipinski definition) is 0. The third kappa shape index (κ3) is 1.94. The molecule has 1 heterocycles. The number of carbonyl (C=O) groups excluding carboxylic acids is 2. The van der Waals surface area contributed by atoms with Gasteiger partial charge >= 0.3 is 11.9 Å². The Morgan fingerprint density at radius 3 is 2.70 bits per heavy atom. The van der Waals surface area contributed by atoms with Crippen LogP contribution in [0.1, 0.15) is 58.3 Å². The van der Waals surface area contributed by atoms with E-state index in [0.717, 1.165) is 25.7 Å². The van der Waals surface area contributed by atoms with Crippen LogP contribution in [0.5, 0.6) is 0 Å². The first-order valence-electron chi connectivity index (χ1n) is 8.14. The second-order valence-corrected chi connectivity index (χ2v) is 6.64. The number of unbranched alkanes of at least 4 members (excludes halogenated alkanes) is 5. The molecule has 4 unspecified atom stereocenters. The summed E-state index contributed by atoms with van der Waals surface area (Å²) in [5.74, 6) is -0.192. The van der Waals surface area contributed by atoms with Crippen molar-refractivity contribution in [1.82, 2.24) is 0 Å². The number of ether oxygens (including phenoxy) is 1. The molecule has 2 aliphatic carbocycles. The third-order valence-electron chi connectivity index (χ3n) is 5.53. The van der Waals surface area contributed by atoms with E-state index in [4.69, 9.17) is 4.74 Å².